The predicted molar refractivity (Wildman–Crippen MR) is 90.2 cm³/mol. The van der Waals surface area contributed by atoms with Gasteiger partial charge < -0.3 is 20.1 Å². The van der Waals surface area contributed by atoms with Crippen molar-refractivity contribution in [3.05, 3.63) is 12.3 Å². The van der Waals surface area contributed by atoms with Crippen LogP contribution in [0, 0.1) is 0 Å². The van der Waals surface area contributed by atoms with E-state index in [-0.39, 0.29) is 24.7 Å². The Hall–Kier alpha value is -2.39. The van der Waals surface area contributed by atoms with Gasteiger partial charge in [0.25, 0.3) is 0 Å². The number of ether oxygens (including phenoxy) is 2. The van der Waals surface area contributed by atoms with E-state index in [1.165, 1.54) is 24.3 Å². The van der Waals surface area contributed by atoms with Crippen molar-refractivity contribution in [2.24, 2.45) is 0 Å². The molecule has 0 spiro atoms. The van der Waals surface area contributed by atoms with Crippen LogP contribution in [-0.2, 0) is 4.74 Å². The van der Waals surface area contributed by atoms with Crippen LogP contribution < -0.4 is 15.4 Å². The largest absolute Gasteiger partial charge is 0.493 e. The second kappa shape index (κ2) is 7.08. The average Bonchev–Trinajstić information content (AvgIpc) is 2.51. The molecule has 1 aliphatic rings. The molecule has 1 aliphatic heterocycles. The highest BCUT2D eigenvalue weighted by atomic mass is 19.4. The molecule has 1 unspecified atom stereocenters. The lowest BCUT2D eigenvalue weighted by Gasteiger charge is -2.42. The quantitative estimate of drug-likeness (QED) is 0.855. The van der Waals surface area contributed by atoms with Gasteiger partial charge >= 0.3 is 12.3 Å². The number of halogens is 3. The monoisotopic (exact) mass is 376 g/mol. The molecule has 10 heteroatoms. The van der Waals surface area contributed by atoms with Crippen molar-refractivity contribution in [1.82, 2.24) is 9.88 Å². The van der Waals surface area contributed by atoms with Gasteiger partial charge in [0.05, 0.1) is 19.0 Å². The molecular formula is C16H23F3N4O3. The van der Waals surface area contributed by atoms with Crippen molar-refractivity contribution < 1.29 is 27.4 Å². The molecule has 2 N–H and O–H groups in total. The van der Waals surface area contributed by atoms with E-state index in [9.17, 15) is 18.0 Å². The first-order chi connectivity index (χ1) is 11.9. The van der Waals surface area contributed by atoms with E-state index in [0.29, 0.717) is 10.6 Å². The zero-order valence-corrected chi connectivity index (χ0v) is 15.1. The molecule has 2 rings (SSSR count). The van der Waals surface area contributed by atoms with Crippen LogP contribution in [0.5, 0.6) is 5.75 Å². The number of nitrogen functional groups attached to an aromatic ring is 1. The maximum absolute atomic E-state index is 13.6. The number of anilines is 2. The fourth-order valence-corrected chi connectivity index (χ4v) is 2.63. The summed E-state index contributed by atoms with van der Waals surface area (Å²) in [4.78, 5) is 18.4. The van der Waals surface area contributed by atoms with E-state index < -0.39 is 30.5 Å². The van der Waals surface area contributed by atoms with E-state index in [1.807, 2.05) is 0 Å². The molecule has 0 saturated carbocycles. The predicted octanol–water partition coefficient (Wildman–Crippen LogP) is 2.66. The number of hydrogen-bond donors (Lipinski definition) is 1. The number of aromatic nitrogens is 1. The van der Waals surface area contributed by atoms with Crippen LogP contribution >= 0.6 is 0 Å². The maximum atomic E-state index is 13.6. The molecule has 7 nitrogen and oxygen atoms in total. The van der Waals surface area contributed by atoms with Crippen LogP contribution in [0.4, 0.5) is 29.5 Å². The van der Waals surface area contributed by atoms with Crippen molar-refractivity contribution in [3.63, 3.8) is 0 Å². The van der Waals surface area contributed by atoms with Crippen LogP contribution in [0.3, 0.4) is 0 Å². The van der Waals surface area contributed by atoms with Crippen molar-refractivity contribution in [1.29, 1.82) is 0 Å². The lowest BCUT2D eigenvalue weighted by atomic mass is 10.1. The van der Waals surface area contributed by atoms with Gasteiger partial charge in [0.2, 0.25) is 0 Å². The fourth-order valence-electron chi connectivity index (χ4n) is 2.63. The highest BCUT2D eigenvalue weighted by Crippen LogP contribution is 2.34. The van der Waals surface area contributed by atoms with Crippen LogP contribution in [0.15, 0.2) is 12.3 Å². The molecule has 1 atom stereocenters. The van der Waals surface area contributed by atoms with Crippen LogP contribution in [0.1, 0.15) is 20.8 Å². The molecule has 1 aromatic rings. The Kier molecular flexibility index (Phi) is 5.43. The van der Waals surface area contributed by atoms with Crippen molar-refractivity contribution >= 4 is 17.6 Å². The second-order valence-electron chi connectivity index (χ2n) is 6.97. The number of alkyl halides is 3. The summed E-state index contributed by atoms with van der Waals surface area (Å²) < 4.78 is 51.0. The van der Waals surface area contributed by atoms with Gasteiger partial charge in [0.1, 0.15) is 11.6 Å². The normalized spacial score (nSPS) is 18.7. The Morgan fingerprint density at radius 2 is 1.96 bits per heavy atom. The summed E-state index contributed by atoms with van der Waals surface area (Å²) >= 11 is 0. The molecule has 26 heavy (non-hydrogen) atoms. The molecule has 0 radical (unpaired) electrons. The molecule has 0 aliphatic carbocycles. The summed E-state index contributed by atoms with van der Waals surface area (Å²) in [6, 6.07) is -0.527. The second-order valence-corrected chi connectivity index (χ2v) is 6.97. The highest BCUT2D eigenvalue weighted by Gasteiger charge is 2.49. The first-order valence-electron chi connectivity index (χ1n) is 8.03. The molecule has 1 amide bonds. The molecule has 146 valence electrons. The van der Waals surface area contributed by atoms with Gasteiger partial charge in [0, 0.05) is 25.7 Å². The summed E-state index contributed by atoms with van der Waals surface area (Å²) in [5.74, 6) is 0.524. The van der Waals surface area contributed by atoms with Crippen LogP contribution in [-0.4, -0.2) is 60.5 Å². The summed E-state index contributed by atoms with van der Waals surface area (Å²) in [6.07, 6.45) is -4.26. The number of amides is 1. The topological polar surface area (TPSA) is 80.9 Å². The van der Waals surface area contributed by atoms with Gasteiger partial charge in [-0.3, -0.25) is 4.90 Å². The highest BCUT2D eigenvalue weighted by molar-refractivity contribution is 5.69. The summed E-state index contributed by atoms with van der Waals surface area (Å²) in [6.45, 7) is 4.33. The standard InChI is InChI=1S/C16H23F3N4O3/c1-15(2,3)26-14(24)23-6-5-22(9-12(23)16(17,18)19)13-11(25-4)7-10(20)8-21-13/h7-8,12H,5-6,9,20H2,1-4H3. The number of carbonyl (C=O) groups is 1. The van der Waals surface area contributed by atoms with E-state index >= 15 is 0 Å². The summed E-state index contributed by atoms with van der Waals surface area (Å²) in [5.41, 5.74) is 5.09. The van der Waals surface area contributed by atoms with E-state index in [1.54, 1.807) is 20.8 Å². The van der Waals surface area contributed by atoms with Crippen molar-refractivity contribution in [2.45, 2.75) is 38.6 Å². The van der Waals surface area contributed by atoms with Crippen molar-refractivity contribution in [3.8, 4) is 5.75 Å². The fraction of sp³-hybridized carbons (Fsp3) is 0.625. The molecule has 1 aromatic heterocycles. The number of pyridine rings is 1. The Labute approximate surface area is 149 Å². The van der Waals surface area contributed by atoms with Gasteiger partial charge in [-0.1, -0.05) is 0 Å². The minimum absolute atomic E-state index is 0.152. The third-order valence-electron chi connectivity index (χ3n) is 3.76. The van der Waals surface area contributed by atoms with Crippen molar-refractivity contribution in [2.75, 3.05) is 37.4 Å². The number of nitrogens with two attached hydrogens (primary N) is 1. The Bertz CT molecular complexity index is 661. The number of piperazine rings is 1. The van der Waals surface area contributed by atoms with E-state index in [2.05, 4.69) is 4.98 Å². The molecule has 1 fully saturated rings. The number of methoxy groups -OCH3 is 1. The summed E-state index contributed by atoms with van der Waals surface area (Å²) in [7, 11) is 1.39. The number of rotatable bonds is 2. The van der Waals surface area contributed by atoms with Gasteiger partial charge in [-0.15, -0.1) is 0 Å². The summed E-state index contributed by atoms with van der Waals surface area (Å²) in [5, 5.41) is 0. The smallest absolute Gasteiger partial charge is 0.410 e. The van der Waals surface area contributed by atoms with E-state index in [0.717, 1.165) is 0 Å². The van der Waals surface area contributed by atoms with Crippen LogP contribution in [0.2, 0.25) is 0 Å². The Morgan fingerprint density at radius 1 is 1.31 bits per heavy atom. The molecule has 1 saturated heterocycles. The number of nitrogens with zero attached hydrogens (tertiary/aromatic N) is 3. The Balaban J connectivity index is 2.27. The Morgan fingerprint density at radius 3 is 2.50 bits per heavy atom. The maximum Gasteiger partial charge on any atom is 0.410 e. The molecule has 0 bridgehead atoms. The van der Waals surface area contributed by atoms with E-state index in [4.69, 9.17) is 15.2 Å². The first kappa shape index (κ1) is 19.9. The van der Waals surface area contributed by atoms with Gasteiger partial charge in [-0.05, 0) is 20.8 Å². The van der Waals surface area contributed by atoms with Gasteiger partial charge in [-0.25, -0.2) is 9.78 Å². The number of carbonyl (C=O) groups excluding carboxylic acids is 1. The lowest BCUT2D eigenvalue weighted by Crippen LogP contribution is -2.61. The zero-order chi connectivity index (χ0) is 19.7. The SMILES string of the molecule is COc1cc(N)cnc1N1CCN(C(=O)OC(C)(C)C)C(C(F)(F)F)C1. The third-order valence-corrected chi connectivity index (χ3v) is 3.76. The minimum Gasteiger partial charge on any atom is -0.493 e. The van der Waals surface area contributed by atoms with Crippen LogP contribution in [0.25, 0.3) is 0 Å². The number of hydrogen-bond acceptors (Lipinski definition) is 6. The molecule has 2 heterocycles. The zero-order valence-electron chi connectivity index (χ0n) is 15.1. The first-order valence-corrected chi connectivity index (χ1v) is 8.03. The third kappa shape index (κ3) is 4.61. The molecular weight excluding hydrogens is 353 g/mol. The minimum atomic E-state index is -4.61. The lowest BCUT2D eigenvalue weighted by molar-refractivity contribution is -0.181. The van der Waals surface area contributed by atoms with Gasteiger partial charge in [0.15, 0.2) is 11.6 Å². The van der Waals surface area contributed by atoms with Gasteiger partial charge in [-0.2, -0.15) is 13.2 Å². The average molecular weight is 376 g/mol. The molecule has 0 aromatic carbocycles.